The first kappa shape index (κ1) is 22.5. The van der Waals surface area contributed by atoms with Crippen molar-refractivity contribution >= 4 is 58.0 Å². The van der Waals surface area contributed by atoms with E-state index in [1.54, 1.807) is 42.5 Å². The van der Waals surface area contributed by atoms with Gasteiger partial charge in [-0.3, -0.25) is 14.4 Å². The number of carbonyl (C=O) groups is 3. The first-order valence-electron chi connectivity index (χ1n) is 9.73. The Morgan fingerprint density at radius 1 is 0.909 bits per heavy atom. The Bertz CT molecular complexity index is 1320. The van der Waals surface area contributed by atoms with Gasteiger partial charge in [0.05, 0.1) is 10.7 Å². The molecule has 0 radical (unpaired) electrons. The number of nitrogens with zero attached hydrogens (tertiary/aromatic N) is 1. The van der Waals surface area contributed by atoms with Gasteiger partial charge in [0.1, 0.15) is 16.5 Å². The van der Waals surface area contributed by atoms with Gasteiger partial charge >= 0.3 is 0 Å². The highest BCUT2D eigenvalue weighted by atomic mass is 35.5. The van der Waals surface area contributed by atoms with Gasteiger partial charge in [-0.05, 0) is 55.5 Å². The summed E-state index contributed by atoms with van der Waals surface area (Å²) in [6.45, 7) is 1.89. The van der Waals surface area contributed by atoms with Gasteiger partial charge in [0.15, 0.2) is 0 Å². The molecule has 9 heteroatoms. The Morgan fingerprint density at radius 3 is 2.33 bits per heavy atom. The number of benzene rings is 3. The fourth-order valence-electron chi connectivity index (χ4n) is 3.20. The van der Waals surface area contributed by atoms with Crippen LogP contribution in [0.25, 0.3) is 0 Å². The topological polar surface area (TPSA) is 78.5 Å². The molecule has 1 aliphatic heterocycles. The number of rotatable bonds is 5. The number of amides is 3. The molecule has 0 aliphatic carbocycles. The molecule has 0 spiro atoms. The maximum atomic E-state index is 13.3. The molecule has 0 unspecified atom stereocenters. The maximum absolute atomic E-state index is 13.3. The van der Waals surface area contributed by atoms with E-state index in [9.17, 15) is 18.8 Å². The van der Waals surface area contributed by atoms with Gasteiger partial charge in [-0.1, -0.05) is 47.0 Å². The Kier molecular flexibility index (Phi) is 6.18. The zero-order valence-electron chi connectivity index (χ0n) is 17.2. The van der Waals surface area contributed by atoms with Crippen LogP contribution in [0.4, 0.5) is 21.5 Å². The number of halogens is 3. The lowest BCUT2D eigenvalue weighted by molar-refractivity contribution is -0.120. The molecule has 0 aromatic heterocycles. The van der Waals surface area contributed by atoms with Crippen LogP contribution in [0.15, 0.2) is 77.5 Å². The van der Waals surface area contributed by atoms with Crippen molar-refractivity contribution in [2.75, 3.05) is 15.5 Å². The van der Waals surface area contributed by atoms with E-state index in [0.29, 0.717) is 17.1 Å². The minimum Gasteiger partial charge on any atom is -0.350 e. The highest BCUT2D eigenvalue weighted by Crippen LogP contribution is 2.30. The molecule has 4 rings (SSSR count). The minimum atomic E-state index is -0.643. The second-order valence-electron chi connectivity index (χ2n) is 7.26. The molecule has 1 aliphatic rings. The van der Waals surface area contributed by atoms with E-state index in [2.05, 4.69) is 10.6 Å². The van der Waals surface area contributed by atoms with E-state index in [0.717, 1.165) is 16.5 Å². The third-order valence-corrected chi connectivity index (χ3v) is 5.53. The SMILES string of the molecule is Cc1ccc(N2C(=O)C(Cl)=C(Nc3cccc(C(=O)Nc4ccc(F)c(Cl)c4)c3)C2=O)cc1. The molecule has 0 fully saturated rings. The van der Waals surface area contributed by atoms with Gasteiger partial charge in [-0.2, -0.15) is 0 Å². The van der Waals surface area contributed by atoms with Gasteiger partial charge in [0.25, 0.3) is 17.7 Å². The maximum Gasteiger partial charge on any atom is 0.283 e. The van der Waals surface area contributed by atoms with Crippen LogP contribution in [0, 0.1) is 12.7 Å². The average Bonchev–Trinajstić information content (AvgIpc) is 3.00. The molecule has 3 amide bonds. The molecule has 0 atom stereocenters. The zero-order chi connectivity index (χ0) is 23.7. The van der Waals surface area contributed by atoms with E-state index in [4.69, 9.17) is 23.2 Å². The molecule has 33 heavy (non-hydrogen) atoms. The summed E-state index contributed by atoms with van der Waals surface area (Å²) in [4.78, 5) is 39.1. The Balaban J connectivity index is 1.53. The van der Waals surface area contributed by atoms with E-state index >= 15 is 0 Å². The molecule has 6 nitrogen and oxygen atoms in total. The largest absolute Gasteiger partial charge is 0.350 e. The molecule has 0 saturated heterocycles. The Morgan fingerprint density at radius 2 is 1.64 bits per heavy atom. The van der Waals surface area contributed by atoms with Crippen molar-refractivity contribution in [1.82, 2.24) is 0 Å². The molecule has 0 saturated carbocycles. The second kappa shape index (κ2) is 9.05. The van der Waals surface area contributed by atoms with Crippen molar-refractivity contribution in [3.05, 3.63) is 99.4 Å². The minimum absolute atomic E-state index is 0.0925. The summed E-state index contributed by atoms with van der Waals surface area (Å²) in [5.41, 5.74) is 2.24. The molecule has 3 aromatic rings. The highest BCUT2D eigenvalue weighted by Gasteiger charge is 2.38. The third kappa shape index (κ3) is 4.60. The molecule has 2 N–H and O–H groups in total. The number of anilines is 3. The summed E-state index contributed by atoms with van der Waals surface area (Å²) in [7, 11) is 0. The number of carbonyl (C=O) groups excluding carboxylic acids is 3. The Labute approximate surface area is 198 Å². The number of nitrogens with one attached hydrogen (secondary N) is 2. The number of imide groups is 1. The van der Waals surface area contributed by atoms with Gasteiger partial charge in [-0.15, -0.1) is 0 Å². The summed E-state index contributed by atoms with van der Waals surface area (Å²) >= 11 is 11.9. The van der Waals surface area contributed by atoms with Crippen molar-refractivity contribution in [2.45, 2.75) is 6.92 Å². The standard InChI is InChI=1S/C24H16Cl2FN3O3/c1-13-5-8-17(9-6-13)30-23(32)20(26)21(24(30)33)28-15-4-2-3-14(11-15)22(31)29-16-7-10-19(27)18(25)12-16/h2-12,28H,1H3,(H,29,31). The lowest BCUT2D eigenvalue weighted by Gasteiger charge is -2.15. The first-order valence-corrected chi connectivity index (χ1v) is 10.5. The van der Waals surface area contributed by atoms with E-state index in [-0.39, 0.29) is 21.3 Å². The average molecular weight is 484 g/mol. The highest BCUT2D eigenvalue weighted by molar-refractivity contribution is 6.53. The number of hydrogen-bond donors (Lipinski definition) is 2. The summed E-state index contributed by atoms with van der Waals surface area (Å²) < 4.78 is 13.3. The molecule has 0 bridgehead atoms. The van der Waals surface area contributed by atoms with Gasteiger partial charge in [0.2, 0.25) is 0 Å². The molecular weight excluding hydrogens is 468 g/mol. The summed E-state index contributed by atoms with van der Waals surface area (Å²) in [6.07, 6.45) is 0. The van der Waals surface area contributed by atoms with Crippen LogP contribution in [-0.4, -0.2) is 17.7 Å². The summed E-state index contributed by atoms with van der Waals surface area (Å²) in [5, 5.41) is 5.09. The number of hydrogen-bond acceptors (Lipinski definition) is 4. The van der Waals surface area contributed by atoms with Crippen molar-refractivity contribution < 1.29 is 18.8 Å². The van der Waals surface area contributed by atoms with E-state index < -0.39 is 23.5 Å². The van der Waals surface area contributed by atoms with Crippen LogP contribution >= 0.6 is 23.2 Å². The van der Waals surface area contributed by atoms with Crippen molar-refractivity contribution in [1.29, 1.82) is 0 Å². The molecular formula is C24H16Cl2FN3O3. The van der Waals surface area contributed by atoms with E-state index in [1.807, 2.05) is 6.92 Å². The Hall–Kier alpha value is -3.68. The number of aryl methyl sites for hydroxylation is 1. The van der Waals surface area contributed by atoms with Crippen LogP contribution in [-0.2, 0) is 9.59 Å². The quantitative estimate of drug-likeness (QED) is 0.471. The van der Waals surface area contributed by atoms with Crippen molar-refractivity contribution in [3.63, 3.8) is 0 Å². The fourth-order valence-corrected chi connectivity index (χ4v) is 3.59. The predicted molar refractivity (Wildman–Crippen MR) is 126 cm³/mol. The van der Waals surface area contributed by atoms with Crippen molar-refractivity contribution in [3.8, 4) is 0 Å². The molecule has 1 heterocycles. The molecule has 3 aromatic carbocycles. The molecule has 166 valence electrons. The monoisotopic (exact) mass is 483 g/mol. The lowest BCUT2D eigenvalue weighted by Crippen LogP contribution is -2.32. The second-order valence-corrected chi connectivity index (χ2v) is 8.04. The van der Waals surface area contributed by atoms with Crippen LogP contribution in [0.3, 0.4) is 0 Å². The van der Waals surface area contributed by atoms with Gasteiger partial charge in [0, 0.05) is 16.9 Å². The van der Waals surface area contributed by atoms with Crippen LogP contribution in [0.5, 0.6) is 0 Å². The van der Waals surface area contributed by atoms with Crippen LogP contribution < -0.4 is 15.5 Å². The summed E-state index contributed by atoms with van der Waals surface area (Å²) in [5.74, 6) is -2.32. The van der Waals surface area contributed by atoms with Gasteiger partial charge in [-0.25, -0.2) is 9.29 Å². The normalized spacial score (nSPS) is 13.5. The fraction of sp³-hybridized carbons (Fsp3) is 0.0417. The van der Waals surface area contributed by atoms with Gasteiger partial charge < -0.3 is 10.6 Å². The lowest BCUT2D eigenvalue weighted by atomic mass is 10.1. The smallest absolute Gasteiger partial charge is 0.283 e. The summed E-state index contributed by atoms with van der Waals surface area (Å²) in [6, 6.07) is 17.0. The van der Waals surface area contributed by atoms with E-state index in [1.165, 1.54) is 18.2 Å². The van der Waals surface area contributed by atoms with Crippen LogP contribution in [0.2, 0.25) is 5.02 Å². The first-order chi connectivity index (χ1) is 15.7. The zero-order valence-corrected chi connectivity index (χ0v) is 18.7. The predicted octanol–water partition coefficient (Wildman–Crippen LogP) is 5.48. The van der Waals surface area contributed by atoms with Crippen LogP contribution in [0.1, 0.15) is 15.9 Å². The third-order valence-electron chi connectivity index (χ3n) is 4.89. The van der Waals surface area contributed by atoms with Crippen molar-refractivity contribution in [2.24, 2.45) is 0 Å².